The van der Waals surface area contributed by atoms with Gasteiger partial charge in [-0.1, -0.05) is 64.7 Å². The Morgan fingerprint density at radius 1 is 0.625 bits per heavy atom. The smallest absolute Gasteiger partial charge is 0.0466 e. The van der Waals surface area contributed by atoms with Crippen LogP contribution in [0.5, 0.6) is 0 Å². The van der Waals surface area contributed by atoms with Crippen molar-refractivity contribution in [3.05, 3.63) is 0 Å². The van der Waals surface area contributed by atoms with Gasteiger partial charge in [0.1, 0.15) is 0 Å². The maximum Gasteiger partial charge on any atom is 0.0466 e. The van der Waals surface area contributed by atoms with Gasteiger partial charge in [0, 0.05) is 13.2 Å². The van der Waals surface area contributed by atoms with Gasteiger partial charge in [-0.3, -0.25) is 0 Å². The molecule has 1 heteroatoms. The Bertz CT molecular complexity index is 128. The molecule has 1 rings (SSSR count). The lowest BCUT2D eigenvalue weighted by atomic mass is 9.97. The summed E-state index contributed by atoms with van der Waals surface area (Å²) in [4.78, 5) is 0. The minimum absolute atomic E-state index is 0.935. The van der Waals surface area contributed by atoms with Gasteiger partial charge in [0.25, 0.3) is 0 Å². The van der Waals surface area contributed by atoms with Crippen LogP contribution in [-0.4, -0.2) is 13.2 Å². The van der Waals surface area contributed by atoms with Crippen molar-refractivity contribution < 1.29 is 4.74 Å². The lowest BCUT2D eigenvalue weighted by Crippen LogP contribution is -1.99. The SMILES string of the molecule is CC1CCCCCCCCCOCCCC1. The van der Waals surface area contributed by atoms with E-state index in [1.54, 1.807) is 0 Å². The molecule has 0 radical (unpaired) electrons. The summed E-state index contributed by atoms with van der Waals surface area (Å²) < 4.78 is 5.64. The number of rotatable bonds is 0. The van der Waals surface area contributed by atoms with Gasteiger partial charge >= 0.3 is 0 Å². The highest BCUT2D eigenvalue weighted by atomic mass is 16.5. The minimum atomic E-state index is 0.935. The molecule has 1 atom stereocenters. The minimum Gasteiger partial charge on any atom is -0.381 e. The number of ether oxygens (including phenoxy) is 1. The molecule has 96 valence electrons. The number of hydrogen-bond donors (Lipinski definition) is 0. The van der Waals surface area contributed by atoms with Crippen LogP contribution in [0, 0.1) is 5.92 Å². The van der Waals surface area contributed by atoms with Crippen molar-refractivity contribution in [1.29, 1.82) is 0 Å². The molecular formula is C15H30O. The Balaban J connectivity index is 2.10. The van der Waals surface area contributed by atoms with Crippen LogP contribution < -0.4 is 0 Å². The molecule has 16 heavy (non-hydrogen) atoms. The van der Waals surface area contributed by atoms with E-state index >= 15 is 0 Å². The molecular weight excluding hydrogens is 196 g/mol. The molecule has 0 aliphatic carbocycles. The van der Waals surface area contributed by atoms with Crippen LogP contribution >= 0.6 is 0 Å². The number of hydrogen-bond acceptors (Lipinski definition) is 1. The van der Waals surface area contributed by atoms with E-state index in [2.05, 4.69) is 6.92 Å². The van der Waals surface area contributed by atoms with Crippen molar-refractivity contribution in [3.8, 4) is 0 Å². The molecule has 0 aromatic rings. The van der Waals surface area contributed by atoms with E-state index in [9.17, 15) is 0 Å². The fourth-order valence-electron chi connectivity index (χ4n) is 2.52. The van der Waals surface area contributed by atoms with Gasteiger partial charge in [-0.05, 0) is 18.8 Å². The Morgan fingerprint density at radius 2 is 1.06 bits per heavy atom. The first-order chi connectivity index (χ1) is 7.89. The molecule has 1 nitrogen and oxygen atoms in total. The molecule has 1 aliphatic rings. The summed E-state index contributed by atoms with van der Waals surface area (Å²) in [5, 5.41) is 0. The highest BCUT2D eigenvalue weighted by molar-refractivity contribution is 4.56. The summed E-state index contributed by atoms with van der Waals surface area (Å²) in [6, 6.07) is 0. The third-order valence-corrected chi connectivity index (χ3v) is 3.72. The van der Waals surface area contributed by atoms with E-state index in [1.165, 1.54) is 70.6 Å². The third-order valence-electron chi connectivity index (χ3n) is 3.72. The molecule has 1 saturated heterocycles. The van der Waals surface area contributed by atoms with Gasteiger partial charge in [0.05, 0.1) is 0 Å². The van der Waals surface area contributed by atoms with Crippen LogP contribution in [-0.2, 0) is 4.74 Å². The van der Waals surface area contributed by atoms with Crippen molar-refractivity contribution in [2.24, 2.45) is 5.92 Å². The fourth-order valence-corrected chi connectivity index (χ4v) is 2.52. The van der Waals surface area contributed by atoms with Crippen LogP contribution in [0.2, 0.25) is 0 Å². The van der Waals surface area contributed by atoms with Crippen molar-refractivity contribution in [1.82, 2.24) is 0 Å². The monoisotopic (exact) mass is 226 g/mol. The molecule has 1 heterocycles. The zero-order chi connectivity index (χ0) is 11.5. The van der Waals surface area contributed by atoms with Crippen LogP contribution in [0.4, 0.5) is 0 Å². The quantitative estimate of drug-likeness (QED) is 0.568. The van der Waals surface area contributed by atoms with E-state index in [4.69, 9.17) is 4.74 Å². The Hall–Kier alpha value is -0.0400. The molecule has 0 amide bonds. The summed E-state index contributed by atoms with van der Waals surface area (Å²) in [6.07, 6.45) is 15.3. The molecule has 1 fully saturated rings. The van der Waals surface area contributed by atoms with Crippen molar-refractivity contribution in [3.63, 3.8) is 0 Å². The van der Waals surface area contributed by atoms with Crippen LogP contribution in [0.15, 0.2) is 0 Å². The van der Waals surface area contributed by atoms with Crippen LogP contribution in [0.1, 0.15) is 77.6 Å². The first kappa shape index (κ1) is 14.0. The highest BCUT2D eigenvalue weighted by Crippen LogP contribution is 2.17. The van der Waals surface area contributed by atoms with E-state index < -0.39 is 0 Å². The van der Waals surface area contributed by atoms with Gasteiger partial charge in [0.15, 0.2) is 0 Å². The second-order valence-electron chi connectivity index (χ2n) is 5.48. The normalized spacial score (nSPS) is 27.9. The molecule has 1 aliphatic heterocycles. The average molecular weight is 226 g/mol. The maximum atomic E-state index is 5.64. The summed E-state index contributed by atoms with van der Waals surface area (Å²) >= 11 is 0. The fraction of sp³-hybridized carbons (Fsp3) is 1.00. The third kappa shape index (κ3) is 8.15. The summed E-state index contributed by atoms with van der Waals surface area (Å²) in [6.45, 7) is 4.40. The molecule has 0 aromatic carbocycles. The zero-order valence-electron chi connectivity index (χ0n) is 11.2. The van der Waals surface area contributed by atoms with Crippen molar-refractivity contribution in [2.75, 3.05) is 13.2 Å². The Kier molecular flexibility index (Phi) is 8.88. The highest BCUT2D eigenvalue weighted by Gasteiger charge is 2.02. The van der Waals surface area contributed by atoms with Crippen molar-refractivity contribution >= 4 is 0 Å². The van der Waals surface area contributed by atoms with Crippen molar-refractivity contribution in [2.45, 2.75) is 77.6 Å². The topological polar surface area (TPSA) is 9.23 Å². The van der Waals surface area contributed by atoms with E-state index in [-0.39, 0.29) is 0 Å². The molecule has 0 N–H and O–H groups in total. The first-order valence-electron chi connectivity index (χ1n) is 7.47. The summed E-state index contributed by atoms with van der Waals surface area (Å²) in [5.74, 6) is 0.935. The van der Waals surface area contributed by atoms with Gasteiger partial charge in [0.2, 0.25) is 0 Å². The zero-order valence-corrected chi connectivity index (χ0v) is 11.2. The van der Waals surface area contributed by atoms with Gasteiger partial charge in [-0.25, -0.2) is 0 Å². The molecule has 0 spiro atoms. The first-order valence-corrected chi connectivity index (χ1v) is 7.47. The molecule has 1 unspecified atom stereocenters. The van der Waals surface area contributed by atoms with E-state index in [1.807, 2.05) is 0 Å². The summed E-state index contributed by atoms with van der Waals surface area (Å²) in [7, 11) is 0. The van der Waals surface area contributed by atoms with Gasteiger partial charge in [-0.15, -0.1) is 0 Å². The largest absolute Gasteiger partial charge is 0.381 e. The van der Waals surface area contributed by atoms with Gasteiger partial charge in [-0.2, -0.15) is 0 Å². The van der Waals surface area contributed by atoms with Gasteiger partial charge < -0.3 is 4.74 Å². The van der Waals surface area contributed by atoms with E-state index in [0.717, 1.165) is 19.1 Å². The maximum absolute atomic E-state index is 5.64. The van der Waals surface area contributed by atoms with Crippen LogP contribution in [0.25, 0.3) is 0 Å². The lowest BCUT2D eigenvalue weighted by molar-refractivity contribution is 0.125. The average Bonchev–Trinajstić information content (AvgIpc) is 2.29. The predicted molar refractivity (Wildman–Crippen MR) is 70.8 cm³/mol. The second kappa shape index (κ2) is 10.1. The Labute approximate surface area is 102 Å². The molecule has 0 aromatic heterocycles. The summed E-state index contributed by atoms with van der Waals surface area (Å²) in [5.41, 5.74) is 0. The van der Waals surface area contributed by atoms with E-state index in [0.29, 0.717) is 0 Å². The molecule has 0 bridgehead atoms. The second-order valence-corrected chi connectivity index (χ2v) is 5.48. The predicted octanol–water partition coefficient (Wildman–Crippen LogP) is 4.94. The lowest BCUT2D eigenvalue weighted by Gasteiger charge is -2.10. The Morgan fingerprint density at radius 3 is 1.75 bits per heavy atom. The standard InChI is InChI=1S/C15H30O/c1-15-11-7-5-3-2-4-6-9-13-16-14-10-8-12-15/h15H,2-14H2,1H3. The van der Waals surface area contributed by atoms with Crippen LogP contribution in [0.3, 0.4) is 0 Å². The molecule has 0 saturated carbocycles.